The molecule has 0 radical (unpaired) electrons. The van der Waals surface area contributed by atoms with Crippen molar-refractivity contribution in [3.05, 3.63) is 53.7 Å². The van der Waals surface area contributed by atoms with Gasteiger partial charge in [-0.3, -0.25) is 9.59 Å². The molecule has 2 amide bonds. The number of amides is 2. The van der Waals surface area contributed by atoms with E-state index in [0.717, 1.165) is 0 Å². The third-order valence-electron chi connectivity index (χ3n) is 4.57. The number of ether oxygens (including phenoxy) is 2. The molecule has 7 nitrogen and oxygen atoms in total. The zero-order chi connectivity index (χ0) is 21.7. The number of halogens is 3. The van der Waals surface area contributed by atoms with Crippen LogP contribution in [0.2, 0.25) is 0 Å². The lowest BCUT2D eigenvalue weighted by molar-refractivity contribution is -0.154. The summed E-state index contributed by atoms with van der Waals surface area (Å²) in [5, 5.41) is 0. The van der Waals surface area contributed by atoms with E-state index in [1.807, 2.05) is 0 Å². The van der Waals surface area contributed by atoms with Gasteiger partial charge in [0.15, 0.2) is 6.61 Å². The molecule has 3 rings (SSSR count). The number of rotatable bonds is 5. The molecular weight excluding hydrogens is 403 g/mol. The molecule has 1 aromatic carbocycles. The summed E-state index contributed by atoms with van der Waals surface area (Å²) < 4.78 is 47.1. The molecule has 2 aromatic rings. The number of hydrogen-bond acceptors (Lipinski definition) is 5. The van der Waals surface area contributed by atoms with E-state index in [4.69, 9.17) is 9.47 Å². The van der Waals surface area contributed by atoms with Gasteiger partial charge in [-0.05, 0) is 36.4 Å². The van der Waals surface area contributed by atoms with Gasteiger partial charge in [0, 0.05) is 37.9 Å². The van der Waals surface area contributed by atoms with Crippen LogP contribution in [-0.4, -0.2) is 72.7 Å². The Balaban J connectivity index is 1.62. The van der Waals surface area contributed by atoms with Crippen LogP contribution in [0.25, 0.3) is 0 Å². The Bertz CT molecular complexity index is 895. The molecule has 0 aliphatic carbocycles. The molecule has 0 saturated carbocycles. The fourth-order valence-electron chi connectivity index (χ4n) is 3.02. The summed E-state index contributed by atoms with van der Waals surface area (Å²) in [6.07, 6.45) is -3.28. The van der Waals surface area contributed by atoms with Gasteiger partial charge < -0.3 is 19.3 Å². The lowest BCUT2D eigenvalue weighted by Gasteiger charge is -2.35. The van der Waals surface area contributed by atoms with Crippen LogP contribution >= 0.6 is 0 Å². The van der Waals surface area contributed by atoms with Crippen molar-refractivity contribution >= 4 is 11.8 Å². The van der Waals surface area contributed by atoms with E-state index in [-0.39, 0.29) is 30.4 Å². The topological polar surface area (TPSA) is 72.0 Å². The minimum Gasteiger partial charge on any atom is -0.497 e. The monoisotopic (exact) mass is 423 g/mol. The molecule has 1 aliphatic rings. The highest BCUT2D eigenvalue weighted by Crippen LogP contribution is 2.22. The van der Waals surface area contributed by atoms with Gasteiger partial charge in [0.25, 0.3) is 11.8 Å². The first-order valence-electron chi connectivity index (χ1n) is 9.15. The lowest BCUT2D eigenvalue weighted by Crippen LogP contribution is -2.50. The second-order valence-electron chi connectivity index (χ2n) is 6.57. The number of pyridine rings is 1. The van der Waals surface area contributed by atoms with Crippen LogP contribution in [0.3, 0.4) is 0 Å². The predicted octanol–water partition coefficient (Wildman–Crippen LogP) is 2.63. The molecule has 1 fully saturated rings. The van der Waals surface area contributed by atoms with E-state index < -0.39 is 18.7 Å². The summed E-state index contributed by atoms with van der Waals surface area (Å²) in [6, 6.07) is 9.54. The Kier molecular flexibility index (Phi) is 6.43. The predicted molar refractivity (Wildman–Crippen MR) is 101 cm³/mol. The van der Waals surface area contributed by atoms with Gasteiger partial charge in [-0.25, -0.2) is 4.98 Å². The summed E-state index contributed by atoms with van der Waals surface area (Å²) in [7, 11) is 1.54. The largest absolute Gasteiger partial charge is 0.497 e. The molecule has 0 unspecified atom stereocenters. The van der Waals surface area contributed by atoms with Crippen molar-refractivity contribution < 1.29 is 32.2 Å². The highest BCUT2D eigenvalue weighted by molar-refractivity contribution is 5.97. The van der Waals surface area contributed by atoms with Crippen molar-refractivity contribution in [2.75, 3.05) is 39.9 Å². The van der Waals surface area contributed by atoms with Crippen LogP contribution in [0.4, 0.5) is 13.2 Å². The second kappa shape index (κ2) is 9.02. The van der Waals surface area contributed by atoms with Gasteiger partial charge >= 0.3 is 6.18 Å². The molecule has 0 atom stereocenters. The maximum absolute atomic E-state index is 12.8. The zero-order valence-electron chi connectivity index (χ0n) is 16.2. The van der Waals surface area contributed by atoms with Crippen LogP contribution in [-0.2, 0) is 0 Å². The van der Waals surface area contributed by atoms with Crippen molar-refractivity contribution in [2.24, 2.45) is 0 Å². The number of benzene rings is 1. The average molecular weight is 423 g/mol. The standard InChI is InChI=1S/C20H20F3N3O4/c1-29-15-6-4-14(5-7-15)18(27)25-9-11-26(12-10-25)19(28)16-3-2-8-24-17(16)30-13-20(21,22)23/h2-8H,9-13H2,1H3. The molecule has 0 N–H and O–H groups in total. The van der Waals surface area contributed by atoms with Gasteiger partial charge in [-0.2, -0.15) is 13.2 Å². The Morgan fingerprint density at radius 2 is 1.60 bits per heavy atom. The van der Waals surface area contributed by atoms with E-state index in [2.05, 4.69) is 4.98 Å². The summed E-state index contributed by atoms with van der Waals surface area (Å²) in [5.74, 6) is -0.379. The van der Waals surface area contributed by atoms with Crippen LogP contribution in [0.1, 0.15) is 20.7 Å². The van der Waals surface area contributed by atoms with Crippen molar-refractivity contribution in [3.63, 3.8) is 0 Å². The molecule has 1 aliphatic heterocycles. The Morgan fingerprint density at radius 1 is 1.00 bits per heavy atom. The molecule has 1 saturated heterocycles. The first-order chi connectivity index (χ1) is 14.3. The van der Waals surface area contributed by atoms with Crippen molar-refractivity contribution in [1.82, 2.24) is 14.8 Å². The maximum atomic E-state index is 12.8. The molecule has 30 heavy (non-hydrogen) atoms. The molecule has 0 spiro atoms. The molecular formula is C20H20F3N3O4. The highest BCUT2D eigenvalue weighted by Gasteiger charge is 2.31. The molecule has 1 aromatic heterocycles. The minimum atomic E-state index is -4.54. The van der Waals surface area contributed by atoms with Crippen molar-refractivity contribution in [3.8, 4) is 11.6 Å². The molecule has 0 bridgehead atoms. The highest BCUT2D eigenvalue weighted by atomic mass is 19.4. The number of carbonyl (C=O) groups is 2. The third kappa shape index (κ3) is 5.19. The maximum Gasteiger partial charge on any atom is 0.422 e. The smallest absolute Gasteiger partial charge is 0.422 e. The van der Waals surface area contributed by atoms with Crippen LogP contribution in [0.15, 0.2) is 42.6 Å². The van der Waals surface area contributed by atoms with E-state index in [9.17, 15) is 22.8 Å². The minimum absolute atomic E-state index is 0.0447. The van der Waals surface area contributed by atoms with Crippen molar-refractivity contribution in [1.29, 1.82) is 0 Å². The van der Waals surface area contributed by atoms with Gasteiger partial charge in [-0.15, -0.1) is 0 Å². The van der Waals surface area contributed by atoms with Gasteiger partial charge in [0.05, 0.1) is 7.11 Å². The molecule has 10 heteroatoms. The van der Waals surface area contributed by atoms with Crippen LogP contribution < -0.4 is 9.47 Å². The zero-order valence-corrected chi connectivity index (χ0v) is 16.2. The summed E-state index contributed by atoms with van der Waals surface area (Å²) in [4.78, 5) is 32.2. The van der Waals surface area contributed by atoms with Gasteiger partial charge in [0.1, 0.15) is 11.3 Å². The number of aromatic nitrogens is 1. The number of carbonyl (C=O) groups excluding carboxylic acids is 2. The quantitative estimate of drug-likeness (QED) is 0.740. The number of nitrogens with zero attached hydrogens (tertiary/aromatic N) is 3. The Hall–Kier alpha value is -3.30. The second-order valence-corrected chi connectivity index (χ2v) is 6.57. The first-order valence-corrected chi connectivity index (χ1v) is 9.15. The Morgan fingerprint density at radius 3 is 2.17 bits per heavy atom. The molecule has 160 valence electrons. The number of hydrogen-bond donors (Lipinski definition) is 0. The molecule has 2 heterocycles. The van der Waals surface area contributed by atoms with Crippen LogP contribution in [0, 0.1) is 0 Å². The number of piperazine rings is 1. The Labute approximate surface area is 171 Å². The van der Waals surface area contributed by atoms with Crippen molar-refractivity contribution in [2.45, 2.75) is 6.18 Å². The average Bonchev–Trinajstić information content (AvgIpc) is 2.76. The van der Waals surface area contributed by atoms with Gasteiger partial charge in [0.2, 0.25) is 5.88 Å². The fraction of sp³-hybridized carbons (Fsp3) is 0.350. The summed E-state index contributed by atoms with van der Waals surface area (Å²) >= 11 is 0. The summed E-state index contributed by atoms with van der Waals surface area (Å²) in [5.41, 5.74) is 0.461. The number of alkyl halides is 3. The SMILES string of the molecule is COc1ccc(C(=O)N2CCN(C(=O)c3cccnc3OCC(F)(F)F)CC2)cc1. The third-order valence-corrected chi connectivity index (χ3v) is 4.57. The number of methoxy groups -OCH3 is 1. The van der Waals surface area contributed by atoms with E-state index in [0.29, 0.717) is 24.4 Å². The van der Waals surface area contributed by atoms with Gasteiger partial charge in [-0.1, -0.05) is 0 Å². The van der Waals surface area contributed by atoms with E-state index >= 15 is 0 Å². The van der Waals surface area contributed by atoms with E-state index in [1.54, 1.807) is 29.2 Å². The fourth-order valence-corrected chi connectivity index (χ4v) is 3.02. The normalized spacial score (nSPS) is 14.4. The van der Waals surface area contributed by atoms with E-state index in [1.165, 1.54) is 30.3 Å². The summed E-state index contributed by atoms with van der Waals surface area (Å²) in [6.45, 7) is -0.442. The lowest BCUT2D eigenvalue weighted by atomic mass is 10.1. The van der Waals surface area contributed by atoms with Crippen LogP contribution in [0.5, 0.6) is 11.6 Å². The first kappa shape index (κ1) is 21.4.